The van der Waals surface area contributed by atoms with E-state index < -0.39 is 46.6 Å². The predicted octanol–water partition coefficient (Wildman–Crippen LogP) is 5.31. The number of likely N-dealkylation sites (tertiary alicyclic amines) is 1. The molecule has 0 radical (unpaired) electrons. The molecule has 4 heterocycles. The Morgan fingerprint density at radius 3 is 2.35 bits per heavy atom. The van der Waals surface area contributed by atoms with Gasteiger partial charge in [-0.05, 0) is 56.0 Å². The van der Waals surface area contributed by atoms with Crippen LogP contribution >= 0.6 is 22.7 Å². The number of H-pyrrole nitrogens is 1. The molecule has 6 rings (SSSR count). The lowest BCUT2D eigenvalue weighted by molar-refractivity contribution is -0.205. The van der Waals surface area contributed by atoms with Crippen LogP contribution in [0.1, 0.15) is 51.1 Å². The monoisotopic (exact) mass is 815 g/mol. The van der Waals surface area contributed by atoms with Crippen molar-refractivity contribution in [3.8, 4) is 5.75 Å². The van der Waals surface area contributed by atoms with Crippen molar-refractivity contribution in [2.75, 3.05) is 45.9 Å². The van der Waals surface area contributed by atoms with Gasteiger partial charge in [0.2, 0.25) is 0 Å². The average Bonchev–Trinajstić information content (AvgIpc) is 3.75. The third-order valence-electron chi connectivity index (χ3n) is 9.32. The topological polar surface area (TPSA) is 143 Å². The minimum atomic E-state index is -5.35. The van der Waals surface area contributed by atoms with E-state index in [1.165, 1.54) is 11.3 Å². The number of fused-ring (bicyclic) bond motifs is 1. The van der Waals surface area contributed by atoms with E-state index >= 15 is 0 Å². The molecule has 2 aliphatic heterocycles. The van der Waals surface area contributed by atoms with Gasteiger partial charge >= 0.3 is 29.2 Å². The summed E-state index contributed by atoms with van der Waals surface area (Å²) in [6.45, 7) is 5.57. The number of aromatic amines is 1. The number of benzene rings is 2. The van der Waals surface area contributed by atoms with Crippen LogP contribution in [0, 0.1) is 6.92 Å². The van der Waals surface area contributed by atoms with E-state index in [-0.39, 0.29) is 34.8 Å². The minimum Gasteiger partial charge on any atom is -0.449 e. The van der Waals surface area contributed by atoms with Crippen molar-refractivity contribution in [2.24, 2.45) is 0 Å². The highest BCUT2D eigenvalue weighted by Crippen LogP contribution is 2.36. The van der Waals surface area contributed by atoms with Crippen LogP contribution < -0.4 is 14.9 Å². The van der Waals surface area contributed by atoms with Gasteiger partial charge in [0.05, 0.1) is 28.5 Å². The van der Waals surface area contributed by atoms with Crippen LogP contribution in [0.5, 0.6) is 5.75 Å². The van der Waals surface area contributed by atoms with Gasteiger partial charge in [-0.2, -0.15) is 26.3 Å². The van der Waals surface area contributed by atoms with Gasteiger partial charge in [-0.1, -0.05) is 35.6 Å². The Hall–Kier alpha value is -4.37. The lowest BCUT2D eigenvalue weighted by Gasteiger charge is -2.47. The zero-order valence-electron chi connectivity index (χ0n) is 29.2. The molecule has 1 spiro atoms. The van der Waals surface area contributed by atoms with Gasteiger partial charge in [0.15, 0.2) is 5.75 Å². The number of alkyl halides is 6. The summed E-state index contributed by atoms with van der Waals surface area (Å²) in [6, 6.07) is 9.73. The molecule has 0 aliphatic carbocycles. The highest BCUT2D eigenvalue weighted by molar-refractivity contribution is 7.16. The molecule has 2 aromatic carbocycles. The molecule has 0 saturated carbocycles. The number of thiazole rings is 2. The lowest BCUT2D eigenvalue weighted by atomic mass is 9.89. The summed E-state index contributed by atoms with van der Waals surface area (Å²) >= 11 is 1.88. The smallest absolute Gasteiger partial charge is 0.449 e. The van der Waals surface area contributed by atoms with Crippen molar-refractivity contribution in [1.82, 2.24) is 25.1 Å². The number of aryl methyl sites for hydroxylation is 1. The molecule has 0 bridgehead atoms. The number of morpholine rings is 1. The second-order valence-corrected chi connectivity index (χ2v) is 15.3. The number of nitrogens with one attached hydrogen (secondary N) is 2. The fourth-order valence-corrected chi connectivity index (χ4v) is 8.03. The molecule has 12 nitrogen and oxygen atoms in total. The number of hydrogen-bond donors (Lipinski definition) is 2. The Balaban J connectivity index is 1.02. The zero-order valence-corrected chi connectivity index (χ0v) is 30.8. The maximum absolute atomic E-state index is 13.2. The normalized spacial score (nSPS) is 17.0. The molecule has 20 heteroatoms. The molecule has 2 saturated heterocycles. The van der Waals surface area contributed by atoms with Crippen molar-refractivity contribution in [2.45, 2.75) is 56.8 Å². The van der Waals surface area contributed by atoms with Crippen LogP contribution in [-0.2, 0) is 32.0 Å². The summed E-state index contributed by atoms with van der Waals surface area (Å²) in [5.41, 5.74) is 1.58. The number of ether oxygens (including phenoxy) is 3. The first-order valence-electron chi connectivity index (χ1n) is 17.1. The van der Waals surface area contributed by atoms with Crippen LogP contribution in [0.2, 0.25) is 0 Å². The number of aromatic nitrogens is 2. The Kier molecular flexibility index (Phi) is 12.0. The maximum Gasteiger partial charge on any atom is 0.491 e. The Labute approximate surface area is 317 Å². The molecule has 2 fully saturated rings. The number of carbonyl (C=O) groups excluding carboxylic acids is 3. The molecule has 296 valence electrons. The number of carbonyl (C=O) groups is 3. The van der Waals surface area contributed by atoms with Crippen molar-refractivity contribution in [3.05, 3.63) is 78.8 Å². The van der Waals surface area contributed by atoms with Gasteiger partial charge in [-0.25, -0.2) is 14.6 Å². The summed E-state index contributed by atoms with van der Waals surface area (Å²) in [4.78, 5) is 58.3. The van der Waals surface area contributed by atoms with Crippen LogP contribution in [0.25, 0.3) is 10.2 Å². The molecular weight excluding hydrogens is 781 g/mol. The van der Waals surface area contributed by atoms with Crippen molar-refractivity contribution in [3.63, 3.8) is 0 Å². The fourth-order valence-electron chi connectivity index (χ4n) is 6.54. The molecule has 55 heavy (non-hydrogen) atoms. The molecule has 0 unspecified atom stereocenters. The largest absolute Gasteiger partial charge is 0.491 e. The Morgan fingerprint density at radius 2 is 1.69 bits per heavy atom. The Morgan fingerprint density at radius 1 is 1.00 bits per heavy atom. The number of nitrogens with zero attached hydrogens (tertiary/aromatic N) is 3. The van der Waals surface area contributed by atoms with Crippen LogP contribution in [0.4, 0.5) is 26.3 Å². The maximum atomic E-state index is 13.2. The number of halogens is 6. The average molecular weight is 816 g/mol. The van der Waals surface area contributed by atoms with Crippen LogP contribution in [0.15, 0.2) is 46.6 Å². The molecule has 4 aromatic rings. The van der Waals surface area contributed by atoms with Gasteiger partial charge in [0.25, 0.3) is 5.91 Å². The zero-order chi connectivity index (χ0) is 39.5. The Bertz CT molecular complexity index is 2070. The van der Waals surface area contributed by atoms with Gasteiger partial charge in [-0.3, -0.25) is 14.5 Å². The highest BCUT2D eigenvalue weighted by atomic mass is 32.1. The second-order valence-electron chi connectivity index (χ2n) is 13.2. The van der Waals surface area contributed by atoms with E-state index in [1.807, 2.05) is 36.1 Å². The quantitative estimate of drug-likeness (QED) is 0.0886. The number of rotatable bonds is 11. The standard InChI is InChI=1S/C35H35F6N5O7S2/c1-20-43-24(18-54-20)29(47)46-14-15-51-33(19-46)9-12-45(13-10-33)17-22-4-2-21(3-5-22)8-11-42-16-26(53-31(49)35(39,40)41)23-6-7-25(52-30(48)34(36,37)38)27-28(23)55-32(50)44-27/h2-7,18,26,42H,8-17,19H2,1H3,(H,44,50)/t26-/m0/s1. The first kappa shape index (κ1) is 40.3. The summed E-state index contributed by atoms with van der Waals surface area (Å²) in [6.07, 6.45) is -10.3. The highest BCUT2D eigenvalue weighted by Gasteiger charge is 2.44. The lowest BCUT2D eigenvalue weighted by Crippen LogP contribution is -2.58. The minimum absolute atomic E-state index is 0.0715. The summed E-state index contributed by atoms with van der Waals surface area (Å²) in [5.74, 6) is -5.82. The molecule has 1 atom stereocenters. The van der Waals surface area contributed by atoms with Crippen molar-refractivity contribution in [1.29, 1.82) is 0 Å². The molecule has 2 aromatic heterocycles. The van der Waals surface area contributed by atoms with E-state index in [1.54, 1.807) is 5.38 Å². The third-order valence-corrected chi connectivity index (χ3v) is 11.0. The number of hydrogen-bond acceptors (Lipinski definition) is 12. The van der Waals surface area contributed by atoms with E-state index in [0.29, 0.717) is 49.7 Å². The van der Waals surface area contributed by atoms with Crippen LogP contribution in [-0.4, -0.2) is 101 Å². The van der Waals surface area contributed by atoms with Crippen molar-refractivity contribution >= 4 is 50.7 Å². The van der Waals surface area contributed by atoms with E-state index in [9.17, 15) is 45.5 Å². The first-order valence-corrected chi connectivity index (χ1v) is 18.8. The van der Waals surface area contributed by atoms with Crippen LogP contribution in [0.3, 0.4) is 0 Å². The molecule has 2 aliphatic rings. The van der Waals surface area contributed by atoms with Gasteiger partial charge in [-0.15, -0.1) is 11.3 Å². The number of amides is 1. The SMILES string of the molecule is Cc1nc(C(=O)N2CCOC3(CCN(Cc4ccc(CCNC[C@H](OC(=O)C(F)(F)F)c5ccc(OC(=O)C(F)(F)F)c6[nH]c(=O)sc56)cc4)CC3)C2)cs1. The summed E-state index contributed by atoms with van der Waals surface area (Å²) < 4.78 is 93.2. The van der Waals surface area contributed by atoms with E-state index in [4.69, 9.17) is 9.47 Å². The number of piperidine rings is 1. The van der Waals surface area contributed by atoms with Gasteiger partial charge in [0, 0.05) is 43.7 Å². The second kappa shape index (κ2) is 16.4. The molecular formula is C35H35F6N5O7S2. The fraction of sp³-hybridized carbons (Fsp3) is 0.457. The van der Waals surface area contributed by atoms with E-state index in [2.05, 4.69) is 24.9 Å². The van der Waals surface area contributed by atoms with Crippen molar-refractivity contribution < 1.29 is 54.9 Å². The predicted molar refractivity (Wildman–Crippen MR) is 188 cm³/mol. The summed E-state index contributed by atoms with van der Waals surface area (Å²) in [5, 5.41) is 5.58. The first-order chi connectivity index (χ1) is 26.0. The van der Waals surface area contributed by atoms with Gasteiger partial charge in [0.1, 0.15) is 17.3 Å². The molecule has 1 amide bonds. The van der Waals surface area contributed by atoms with E-state index in [0.717, 1.165) is 54.2 Å². The summed E-state index contributed by atoms with van der Waals surface area (Å²) in [7, 11) is 0. The third kappa shape index (κ3) is 9.90. The number of esters is 2. The van der Waals surface area contributed by atoms with Gasteiger partial charge < -0.3 is 29.4 Å². The molecule has 2 N–H and O–H groups in total.